The first-order valence-corrected chi connectivity index (χ1v) is 8.10. The summed E-state index contributed by atoms with van der Waals surface area (Å²) in [6.07, 6.45) is 0.866. The van der Waals surface area contributed by atoms with Gasteiger partial charge in [0.2, 0.25) is 0 Å². The Bertz CT molecular complexity index is 501. The van der Waals surface area contributed by atoms with Crippen molar-refractivity contribution in [1.82, 2.24) is 10.2 Å². The van der Waals surface area contributed by atoms with Gasteiger partial charge >= 0.3 is 6.09 Å². The number of rotatable bonds is 7. The van der Waals surface area contributed by atoms with Crippen LogP contribution in [0.4, 0.5) is 4.79 Å². The second-order valence-electron chi connectivity index (χ2n) is 6.17. The van der Waals surface area contributed by atoms with Crippen LogP contribution in [0, 0.1) is 5.92 Å². The zero-order valence-electron chi connectivity index (χ0n) is 13.6. The van der Waals surface area contributed by atoms with Crippen LogP contribution in [0.2, 0.25) is 0 Å². The highest BCUT2D eigenvalue weighted by atomic mass is 16.5. The lowest BCUT2D eigenvalue weighted by Crippen LogP contribution is -2.32. The quantitative estimate of drug-likeness (QED) is 0.716. The first kappa shape index (κ1) is 17.6. The summed E-state index contributed by atoms with van der Waals surface area (Å²) < 4.78 is 5.87. The topological polar surface area (TPSA) is 82.0 Å². The third-order valence-electron chi connectivity index (χ3n) is 4.26. The number of amides is 1. The standard InChI is InChI=1S/C17H26N2O4/c1-19-9-6-13(7-10-19)12-23-15-4-2-3-14(11-15)16(20)5-8-18-17(21)22/h2-4,11,13,16,18,20H,5-10,12H2,1H3,(H,21,22). The molecular weight excluding hydrogens is 296 g/mol. The van der Waals surface area contributed by atoms with Gasteiger partial charge in [-0.1, -0.05) is 12.1 Å². The molecule has 3 N–H and O–H groups in total. The number of carbonyl (C=O) groups is 1. The van der Waals surface area contributed by atoms with Crippen LogP contribution in [0.1, 0.15) is 30.9 Å². The molecule has 128 valence electrons. The molecule has 1 amide bonds. The van der Waals surface area contributed by atoms with Crippen molar-refractivity contribution in [2.75, 3.05) is 33.3 Å². The SMILES string of the molecule is CN1CCC(COc2cccc(C(O)CCNC(=O)O)c2)CC1. The van der Waals surface area contributed by atoms with E-state index in [1.807, 2.05) is 24.3 Å². The van der Waals surface area contributed by atoms with Crippen LogP contribution in [0.5, 0.6) is 5.75 Å². The molecule has 2 rings (SSSR count). The van der Waals surface area contributed by atoms with Crippen LogP contribution in [0.15, 0.2) is 24.3 Å². The molecule has 1 atom stereocenters. The molecule has 1 aliphatic heterocycles. The van der Waals surface area contributed by atoms with Crippen LogP contribution < -0.4 is 10.1 Å². The van der Waals surface area contributed by atoms with Gasteiger partial charge in [-0.05, 0) is 63.0 Å². The Kier molecular flexibility index (Phi) is 6.67. The number of piperidine rings is 1. The van der Waals surface area contributed by atoms with Gasteiger partial charge in [-0.15, -0.1) is 0 Å². The molecule has 1 aliphatic rings. The number of nitrogens with zero attached hydrogens (tertiary/aromatic N) is 1. The first-order chi connectivity index (χ1) is 11.0. The molecule has 1 aromatic carbocycles. The van der Waals surface area contributed by atoms with Crippen LogP contribution in [0.3, 0.4) is 0 Å². The Balaban J connectivity index is 1.80. The molecule has 1 fully saturated rings. The van der Waals surface area contributed by atoms with E-state index in [1.165, 1.54) is 0 Å². The van der Waals surface area contributed by atoms with E-state index in [0.717, 1.165) is 37.2 Å². The minimum Gasteiger partial charge on any atom is -0.493 e. The molecule has 1 saturated heterocycles. The number of hydrogen-bond donors (Lipinski definition) is 3. The maximum absolute atomic E-state index is 10.4. The highest BCUT2D eigenvalue weighted by Gasteiger charge is 2.17. The lowest BCUT2D eigenvalue weighted by Gasteiger charge is -2.28. The second-order valence-corrected chi connectivity index (χ2v) is 6.17. The number of likely N-dealkylation sites (tertiary alicyclic amines) is 1. The fourth-order valence-electron chi connectivity index (χ4n) is 2.74. The van der Waals surface area contributed by atoms with E-state index in [9.17, 15) is 9.90 Å². The highest BCUT2D eigenvalue weighted by Crippen LogP contribution is 2.23. The molecule has 0 saturated carbocycles. The Morgan fingerprint density at radius 3 is 2.87 bits per heavy atom. The van der Waals surface area contributed by atoms with Crippen LogP contribution in [-0.4, -0.2) is 54.5 Å². The van der Waals surface area contributed by atoms with Crippen molar-refractivity contribution >= 4 is 6.09 Å². The molecular formula is C17H26N2O4. The number of ether oxygens (including phenoxy) is 1. The minimum atomic E-state index is -1.08. The molecule has 1 heterocycles. The van der Waals surface area contributed by atoms with E-state index in [0.29, 0.717) is 18.9 Å². The van der Waals surface area contributed by atoms with Gasteiger partial charge in [-0.2, -0.15) is 0 Å². The van der Waals surface area contributed by atoms with E-state index in [4.69, 9.17) is 9.84 Å². The zero-order valence-corrected chi connectivity index (χ0v) is 13.6. The van der Waals surface area contributed by atoms with Crippen molar-refractivity contribution in [3.63, 3.8) is 0 Å². The average molecular weight is 322 g/mol. The number of nitrogens with one attached hydrogen (secondary N) is 1. The molecule has 0 bridgehead atoms. The smallest absolute Gasteiger partial charge is 0.404 e. The monoisotopic (exact) mass is 322 g/mol. The van der Waals surface area contributed by atoms with E-state index >= 15 is 0 Å². The number of hydrogen-bond acceptors (Lipinski definition) is 4. The Morgan fingerprint density at radius 2 is 2.17 bits per heavy atom. The molecule has 0 aromatic heterocycles. The average Bonchev–Trinajstić information content (AvgIpc) is 2.54. The Morgan fingerprint density at radius 1 is 1.43 bits per heavy atom. The Labute approximate surface area is 137 Å². The van der Waals surface area contributed by atoms with Gasteiger partial charge in [0.15, 0.2) is 0 Å². The van der Waals surface area contributed by atoms with E-state index in [-0.39, 0.29) is 6.54 Å². The van der Waals surface area contributed by atoms with Crippen molar-refractivity contribution in [2.45, 2.75) is 25.4 Å². The molecule has 0 aliphatic carbocycles. The van der Waals surface area contributed by atoms with Gasteiger partial charge in [-0.25, -0.2) is 4.79 Å². The van der Waals surface area contributed by atoms with Gasteiger partial charge in [-0.3, -0.25) is 0 Å². The number of carboxylic acid groups (broad SMARTS) is 1. The predicted octanol–water partition coefficient (Wildman–Crippen LogP) is 2.10. The summed E-state index contributed by atoms with van der Waals surface area (Å²) in [5.74, 6) is 1.34. The van der Waals surface area contributed by atoms with Gasteiger partial charge < -0.3 is 25.2 Å². The predicted molar refractivity (Wildman–Crippen MR) is 87.8 cm³/mol. The lowest BCUT2D eigenvalue weighted by molar-refractivity contribution is 0.155. The zero-order chi connectivity index (χ0) is 16.7. The highest BCUT2D eigenvalue weighted by molar-refractivity contribution is 5.64. The third-order valence-corrected chi connectivity index (χ3v) is 4.26. The molecule has 1 unspecified atom stereocenters. The largest absolute Gasteiger partial charge is 0.493 e. The van der Waals surface area contributed by atoms with Gasteiger partial charge in [0.05, 0.1) is 12.7 Å². The molecule has 6 heteroatoms. The molecule has 6 nitrogen and oxygen atoms in total. The second kappa shape index (κ2) is 8.74. The van der Waals surface area contributed by atoms with E-state index in [2.05, 4.69) is 17.3 Å². The van der Waals surface area contributed by atoms with Crippen molar-refractivity contribution < 1.29 is 19.7 Å². The fourth-order valence-corrected chi connectivity index (χ4v) is 2.74. The van der Waals surface area contributed by atoms with Crippen LogP contribution >= 0.6 is 0 Å². The maximum Gasteiger partial charge on any atom is 0.404 e. The summed E-state index contributed by atoms with van der Waals surface area (Å²) in [6.45, 7) is 3.15. The maximum atomic E-state index is 10.4. The molecule has 0 radical (unpaired) electrons. The van der Waals surface area contributed by atoms with Gasteiger partial charge in [0, 0.05) is 6.54 Å². The van der Waals surface area contributed by atoms with Crippen LogP contribution in [0.25, 0.3) is 0 Å². The summed E-state index contributed by atoms with van der Waals surface area (Å²) in [7, 11) is 2.14. The summed E-state index contributed by atoms with van der Waals surface area (Å²) in [4.78, 5) is 12.7. The molecule has 0 spiro atoms. The van der Waals surface area contributed by atoms with E-state index < -0.39 is 12.2 Å². The van der Waals surface area contributed by atoms with E-state index in [1.54, 1.807) is 0 Å². The Hall–Kier alpha value is -1.79. The van der Waals surface area contributed by atoms with Crippen molar-refractivity contribution in [2.24, 2.45) is 5.92 Å². The van der Waals surface area contributed by atoms with Crippen molar-refractivity contribution in [1.29, 1.82) is 0 Å². The number of aliphatic hydroxyl groups is 1. The molecule has 1 aromatic rings. The molecule has 23 heavy (non-hydrogen) atoms. The summed E-state index contributed by atoms with van der Waals surface area (Å²) in [5.41, 5.74) is 0.748. The van der Waals surface area contributed by atoms with Gasteiger partial charge in [0.25, 0.3) is 0 Å². The summed E-state index contributed by atoms with van der Waals surface area (Å²) >= 11 is 0. The summed E-state index contributed by atoms with van der Waals surface area (Å²) in [5, 5.41) is 20.9. The minimum absolute atomic E-state index is 0.219. The normalized spacial score (nSPS) is 17.7. The van der Waals surface area contributed by atoms with Crippen molar-refractivity contribution in [3.05, 3.63) is 29.8 Å². The summed E-state index contributed by atoms with van der Waals surface area (Å²) in [6, 6.07) is 7.40. The fraction of sp³-hybridized carbons (Fsp3) is 0.588. The first-order valence-electron chi connectivity index (χ1n) is 8.10. The van der Waals surface area contributed by atoms with Crippen LogP contribution in [-0.2, 0) is 0 Å². The third kappa shape index (κ3) is 6.08. The van der Waals surface area contributed by atoms with Gasteiger partial charge in [0.1, 0.15) is 5.75 Å². The van der Waals surface area contributed by atoms with Crippen molar-refractivity contribution in [3.8, 4) is 5.75 Å². The number of aliphatic hydroxyl groups excluding tert-OH is 1. The number of benzene rings is 1. The lowest BCUT2D eigenvalue weighted by atomic mass is 9.98.